The van der Waals surface area contributed by atoms with Crippen LogP contribution >= 0.6 is 23.2 Å². The van der Waals surface area contributed by atoms with E-state index >= 15 is 4.39 Å². The van der Waals surface area contributed by atoms with Crippen molar-refractivity contribution in [1.82, 2.24) is 4.90 Å². The first-order valence-electron chi connectivity index (χ1n) is 13.4. The van der Waals surface area contributed by atoms with E-state index in [9.17, 15) is 23.1 Å². The second-order valence-corrected chi connectivity index (χ2v) is 13.5. The fraction of sp³-hybridized carbons (Fsp3) is 0.333. The Morgan fingerprint density at radius 1 is 1.05 bits per heavy atom. The number of benzene rings is 3. The number of aliphatic carboxylic acids is 1. The number of halogens is 3. The van der Waals surface area contributed by atoms with E-state index in [1.807, 2.05) is 0 Å². The minimum absolute atomic E-state index is 0.117. The molecule has 0 bridgehead atoms. The summed E-state index contributed by atoms with van der Waals surface area (Å²) in [6.07, 6.45) is -1.91. The van der Waals surface area contributed by atoms with Crippen molar-refractivity contribution in [2.24, 2.45) is 0 Å². The first-order chi connectivity index (χ1) is 20.0. The normalized spacial score (nSPS) is 21.7. The maximum Gasteiger partial charge on any atom is 0.306 e. The number of anilines is 1. The van der Waals surface area contributed by atoms with Gasteiger partial charge >= 0.3 is 5.97 Å². The largest absolute Gasteiger partial charge is 0.481 e. The molecule has 3 aromatic rings. The number of carbonyl (C=O) groups excluding carboxylic acids is 1. The Morgan fingerprint density at radius 3 is 2.36 bits per heavy atom. The van der Waals surface area contributed by atoms with E-state index in [1.165, 1.54) is 23.1 Å². The number of carboxylic acid groups (broad SMARTS) is 1. The highest BCUT2D eigenvalue weighted by Gasteiger charge is 2.48. The zero-order valence-corrected chi connectivity index (χ0v) is 24.9. The number of ether oxygens (including phenoxy) is 1. The standard InChI is InChI=1S/C30H29Cl2FN2O6S/c1-18(17-34(42(39,40)23-13-14-23)25-8-3-2-7-24(25)33)35-28(19-9-11-21(31)12-10-19)29(20-5-4-6-22(32)15-20)41-26(30(35)38)16-27(36)37/h2-12,15,18,23,26,28-29H,13-14,16-17H2,1H3,(H,36,37)/t18-,26+,28+,29+/m0/s1. The number of carbonyl (C=O) groups is 2. The van der Waals surface area contributed by atoms with E-state index in [1.54, 1.807) is 61.5 Å². The van der Waals surface area contributed by atoms with Gasteiger partial charge in [0.2, 0.25) is 10.0 Å². The monoisotopic (exact) mass is 634 g/mol. The number of carboxylic acids is 1. The topological polar surface area (TPSA) is 104 Å². The van der Waals surface area contributed by atoms with Gasteiger partial charge in [-0.15, -0.1) is 0 Å². The molecule has 2 aliphatic rings. The zero-order valence-electron chi connectivity index (χ0n) is 22.6. The molecule has 1 amide bonds. The predicted octanol–water partition coefficient (Wildman–Crippen LogP) is 6.00. The quantitative estimate of drug-likeness (QED) is 0.293. The van der Waals surface area contributed by atoms with Crippen LogP contribution in [0.4, 0.5) is 10.1 Å². The van der Waals surface area contributed by atoms with Crippen molar-refractivity contribution in [3.63, 3.8) is 0 Å². The molecular formula is C30H29Cl2FN2O6S. The number of para-hydroxylation sites is 1. The summed E-state index contributed by atoms with van der Waals surface area (Å²) < 4.78 is 49.4. The Hall–Kier alpha value is -3.18. The number of hydrogen-bond acceptors (Lipinski definition) is 5. The second kappa shape index (κ2) is 12.2. The van der Waals surface area contributed by atoms with Crippen LogP contribution in [0.15, 0.2) is 72.8 Å². The Balaban J connectivity index is 1.62. The smallest absolute Gasteiger partial charge is 0.306 e. The van der Waals surface area contributed by atoms with Crippen molar-refractivity contribution < 1.29 is 32.2 Å². The van der Waals surface area contributed by atoms with Gasteiger partial charge in [-0.3, -0.25) is 13.9 Å². The average Bonchev–Trinajstić information content (AvgIpc) is 3.80. The predicted molar refractivity (Wildman–Crippen MR) is 158 cm³/mol. The molecule has 1 aliphatic heterocycles. The highest BCUT2D eigenvalue weighted by molar-refractivity contribution is 7.93. The van der Waals surface area contributed by atoms with Gasteiger partial charge < -0.3 is 14.7 Å². The summed E-state index contributed by atoms with van der Waals surface area (Å²) in [7, 11) is -3.95. The molecule has 1 aliphatic carbocycles. The van der Waals surface area contributed by atoms with Gasteiger partial charge in [0.15, 0.2) is 0 Å². The van der Waals surface area contributed by atoms with E-state index in [0.29, 0.717) is 34.0 Å². The number of rotatable bonds is 10. The van der Waals surface area contributed by atoms with Crippen LogP contribution in [0.3, 0.4) is 0 Å². The molecule has 0 radical (unpaired) electrons. The van der Waals surface area contributed by atoms with Gasteiger partial charge in [0.1, 0.15) is 18.0 Å². The van der Waals surface area contributed by atoms with Gasteiger partial charge in [-0.25, -0.2) is 12.8 Å². The molecule has 2 fully saturated rings. The first-order valence-corrected chi connectivity index (χ1v) is 15.7. The van der Waals surface area contributed by atoms with Crippen LogP contribution in [0.2, 0.25) is 10.0 Å². The molecule has 5 rings (SSSR count). The Morgan fingerprint density at radius 2 is 1.74 bits per heavy atom. The molecule has 1 saturated heterocycles. The van der Waals surface area contributed by atoms with Crippen LogP contribution in [0.5, 0.6) is 0 Å². The van der Waals surface area contributed by atoms with Crippen LogP contribution in [0.25, 0.3) is 0 Å². The van der Waals surface area contributed by atoms with E-state index in [2.05, 4.69) is 0 Å². The summed E-state index contributed by atoms with van der Waals surface area (Å²) in [6.45, 7) is 1.40. The van der Waals surface area contributed by atoms with Crippen molar-refractivity contribution in [3.05, 3.63) is 99.8 Å². The summed E-state index contributed by atoms with van der Waals surface area (Å²) in [5.41, 5.74) is 1.11. The maximum absolute atomic E-state index is 15.0. The first kappa shape index (κ1) is 30.3. The van der Waals surface area contributed by atoms with Crippen LogP contribution in [-0.2, 0) is 24.3 Å². The van der Waals surface area contributed by atoms with E-state index in [4.69, 9.17) is 27.9 Å². The lowest BCUT2D eigenvalue weighted by Gasteiger charge is -2.48. The molecule has 42 heavy (non-hydrogen) atoms. The summed E-state index contributed by atoms with van der Waals surface area (Å²) in [6, 6.07) is 17.6. The molecule has 0 spiro atoms. The fourth-order valence-electron chi connectivity index (χ4n) is 5.35. The van der Waals surface area contributed by atoms with Gasteiger partial charge in [-0.05, 0) is 67.3 Å². The van der Waals surface area contributed by atoms with Crippen LogP contribution in [0, 0.1) is 5.82 Å². The Labute approximate surface area is 253 Å². The lowest BCUT2D eigenvalue weighted by molar-refractivity contribution is -0.182. The van der Waals surface area contributed by atoms with Crippen molar-refractivity contribution >= 4 is 50.8 Å². The van der Waals surface area contributed by atoms with Gasteiger partial charge in [0, 0.05) is 16.1 Å². The number of morpholine rings is 1. The fourth-order valence-corrected chi connectivity index (χ4v) is 7.61. The van der Waals surface area contributed by atoms with Crippen molar-refractivity contribution in [3.8, 4) is 0 Å². The molecule has 1 saturated carbocycles. The maximum atomic E-state index is 15.0. The summed E-state index contributed by atoms with van der Waals surface area (Å²) in [5, 5.41) is 9.84. The molecule has 0 unspecified atom stereocenters. The lowest BCUT2D eigenvalue weighted by atomic mass is 9.90. The highest BCUT2D eigenvalue weighted by Crippen LogP contribution is 2.45. The lowest BCUT2D eigenvalue weighted by Crippen LogP contribution is -2.57. The number of hydrogen-bond donors (Lipinski definition) is 1. The van der Waals surface area contributed by atoms with E-state index in [-0.39, 0.29) is 12.2 Å². The highest BCUT2D eigenvalue weighted by atomic mass is 35.5. The third-order valence-electron chi connectivity index (χ3n) is 7.45. The minimum Gasteiger partial charge on any atom is -0.481 e. The van der Waals surface area contributed by atoms with Crippen molar-refractivity contribution in [2.75, 3.05) is 10.8 Å². The average molecular weight is 636 g/mol. The number of sulfonamides is 1. The molecule has 0 aromatic heterocycles. The molecule has 3 aromatic carbocycles. The van der Waals surface area contributed by atoms with Gasteiger partial charge in [0.25, 0.3) is 5.91 Å². The Kier molecular flexibility index (Phi) is 8.80. The van der Waals surface area contributed by atoms with E-state index < -0.39 is 63.7 Å². The van der Waals surface area contributed by atoms with Gasteiger partial charge in [0.05, 0.1) is 29.9 Å². The second-order valence-electron chi connectivity index (χ2n) is 10.5. The van der Waals surface area contributed by atoms with Crippen LogP contribution in [0.1, 0.15) is 49.5 Å². The van der Waals surface area contributed by atoms with Crippen molar-refractivity contribution in [2.45, 2.75) is 55.7 Å². The number of amides is 1. The molecule has 1 N–H and O–H groups in total. The third-order valence-corrected chi connectivity index (χ3v) is 10.2. The molecule has 12 heteroatoms. The van der Waals surface area contributed by atoms with Gasteiger partial charge in [-0.2, -0.15) is 0 Å². The molecule has 1 heterocycles. The van der Waals surface area contributed by atoms with E-state index in [0.717, 1.165) is 4.31 Å². The molecule has 8 nitrogen and oxygen atoms in total. The summed E-state index contributed by atoms with van der Waals surface area (Å²) in [5.74, 6) is -2.57. The number of nitrogens with zero attached hydrogens (tertiary/aromatic N) is 2. The molecule has 4 atom stereocenters. The minimum atomic E-state index is -3.95. The van der Waals surface area contributed by atoms with Crippen LogP contribution in [-0.4, -0.2) is 54.2 Å². The van der Waals surface area contributed by atoms with Gasteiger partial charge in [-0.1, -0.05) is 59.6 Å². The third kappa shape index (κ3) is 6.27. The molecule has 222 valence electrons. The summed E-state index contributed by atoms with van der Waals surface area (Å²) in [4.78, 5) is 27.3. The van der Waals surface area contributed by atoms with Crippen molar-refractivity contribution in [1.29, 1.82) is 0 Å². The molecular weight excluding hydrogens is 606 g/mol. The summed E-state index contributed by atoms with van der Waals surface area (Å²) >= 11 is 12.5. The van der Waals surface area contributed by atoms with Crippen LogP contribution < -0.4 is 4.31 Å². The SMILES string of the molecule is C[C@@H](CN(c1ccccc1F)S(=O)(=O)C1CC1)N1C(=O)[C@@H](CC(=O)O)O[C@H](c2cccc(Cl)c2)[C@H]1c1ccc(Cl)cc1. The Bertz CT molecular complexity index is 1580. The zero-order chi connectivity index (χ0) is 30.2.